The van der Waals surface area contributed by atoms with Crippen molar-refractivity contribution in [1.29, 1.82) is 0 Å². The molecule has 4 atom stereocenters. The molecule has 1 aliphatic heterocycles. The molecular formula is C28H35N5O5Si. The van der Waals surface area contributed by atoms with E-state index in [4.69, 9.17) is 14.6 Å². The zero-order chi connectivity index (χ0) is 27.7. The van der Waals surface area contributed by atoms with E-state index >= 15 is 0 Å². The Bertz CT molecular complexity index is 1510. The molecule has 5 rings (SSSR count). The zero-order valence-corrected chi connectivity index (χ0v) is 23.7. The molecule has 4 aromatic rings. The van der Waals surface area contributed by atoms with Crippen molar-refractivity contribution in [3.05, 3.63) is 76.5 Å². The summed E-state index contributed by atoms with van der Waals surface area (Å²) < 4.78 is 15.8. The lowest BCUT2D eigenvalue weighted by molar-refractivity contribution is -0.0247. The molecule has 0 spiro atoms. The molecule has 10 nitrogen and oxygen atoms in total. The number of ether oxygens (including phenoxy) is 2. The Morgan fingerprint density at radius 3 is 2.74 bits per heavy atom. The molecule has 0 radical (unpaired) electrons. The van der Waals surface area contributed by atoms with E-state index in [0.717, 1.165) is 16.6 Å². The summed E-state index contributed by atoms with van der Waals surface area (Å²) >= 11 is 0. The first-order valence-electron chi connectivity index (χ1n) is 13.2. The van der Waals surface area contributed by atoms with Crippen LogP contribution < -0.4 is 10.3 Å². The number of methoxy groups -OCH3 is 1. The molecule has 2 N–H and O–H groups in total. The van der Waals surface area contributed by atoms with Crippen molar-refractivity contribution in [3.63, 3.8) is 0 Å². The Morgan fingerprint density at radius 1 is 1.21 bits per heavy atom. The van der Waals surface area contributed by atoms with Gasteiger partial charge in [0.05, 0.1) is 29.1 Å². The number of rotatable bonds is 9. The quantitative estimate of drug-likeness (QED) is 0.305. The maximum atomic E-state index is 13.2. The minimum atomic E-state index is -2.68. The predicted octanol–water partition coefficient (Wildman–Crippen LogP) is 3.25. The minimum Gasteiger partial charge on any atom is -0.490 e. The molecule has 0 aliphatic carbocycles. The third-order valence-corrected chi connectivity index (χ3v) is 10.1. The van der Waals surface area contributed by atoms with Crippen LogP contribution in [0.4, 0.5) is 0 Å². The van der Waals surface area contributed by atoms with Crippen LogP contribution in [0.2, 0.25) is 18.6 Å². The van der Waals surface area contributed by atoms with Crippen molar-refractivity contribution in [2.75, 3.05) is 13.7 Å². The highest BCUT2D eigenvalue weighted by molar-refractivity contribution is 6.71. The van der Waals surface area contributed by atoms with Gasteiger partial charge in [0.15, 0.2) is 8.32 Å². The fourth-order valence-electron chi connectivity index (χ4n) is 5.64. The molecule has 0 amide bonds. The van der Waals surface area contributed by atoms with E-state index in [1.165, 1.54) is 4.68 Å². The highest BCUT2D eigenvalue weighted by Crippen LogP contribution is 2.47. The fraction of sp³-hybridized carbons (Fsp3) is 0.429. The van der Waals surface area contributed by atoms with Gasteiger partial charge in [-0.3, -0.25) is 9.48 Å². The lowest BCUT2D eigenvalue weighted by Gasteiger charge is -2.43. The Labute approximate surface area is 227 Å². The Kier molecular flexibility index (Phi) is 7.67. The van der Waals surface area contributed by atoms with E-state index in [0.29, 0.717) is 36.2 Å². The molecule has 1 unspecified atom stereocenters. The van der Waals surface area contributed by atoms with Crippen molar-refractivity contribution in [3.8, 4) is 11.4 Å². The van der Waals surface area contributed by atoms with Gasteiger partial charge in [0.1, 0.15) is 11.9 Å². The highest BCUT2D eigenvalue weighted by atomic mass is 28.4. The number of aliphatic hydroxyl groups excluding tert-OH is 1. The van der Waals surface area contributed by atoms with E-state index < -0.39 is 8.32 Å². The molecule has 2 aromatic carbocycles. The van der Waals surface area contributed by atoms with Gasteiger partial charge < -0.3 is 19.4 Å². The van der Waals surface area contributed by atoms with Gasteiger partial charge in [0, 0.05) is 55.3 Å². The normalized spacial score (nSPS) is 20.0. The van der Waals surface area contributed by atoms with Crippen molar-refractivity contribution in [1.82, 2.24) is 24.8 Å². The fourth-order valence-corrected chi connectivity index (χ4v) is 7.65. The van der Waals surface area contributed by atoms with Gasteiger partial charge in [-0.05, 0) is 43.8 Å². The minimum absolute atomic E-state index is 0.0242. The molecule has 0 fully saturated rings. The molecule has 2 aromatic heterocycles. The van der Waals surface area contributed by atoms with Gasteiger partial charge in [-0.25, -0.2) is 0 Å². The summed E-state index contributed by atoms with van der Waals surface area (Å²) in [5, 5.41) is 23.3. The molecule has 11 heteroatoms. The Balaban J connectivity index is 1.45. The van der Waals surface area contributed by atoms with Gasteiger partial charge in [0.2, 0.25) is 0 Å². The van der Waals surface area contributed by atoms with Crippen molar-refractivity contribution >= 4 is 19.1 Å². The summed E-state index contributed by atoms with van der Waals surface area (Å²) in [6, 6.07) is 13.0. The molecule has 0 saturated heterocycles. The first-order chi connectivity index (χ1) is 18.7. The van der Waals surface area contributed by atoms with E-state index in [1.807, 2.05) is 55.7 Å². The summed E-state index contributed by atoms with van der Waals surface area (Å²) in [6.07, 6.45) is 4.08. The smallest absolute Gasteiger partial charge is 0.279 e. The van der Waals surface area contributed by atoms with Gasteiger partial charge in [-0.2, -0.15) is 9.78 Å². The average molecular weight is 550 g/mol. The third kappa shape index (κ3) is 5.40. The predicted molar refractivity (Wildman–Crippen MR) is 150 cm³/mol. The van der Waals surface area contributed by atoms with E-state index in [2.05, 4.69) is 22.3 Å². The summed E-state index contributed by atoms with van der Waals surface area (Å²) in [5.41, 5.74) is 1.93. The highest BCUT2D eigenvalue weighted by Gasteiger charge is 2.46. The summed E-state index contributed by atoms with van der Waals surface area (Å²) in [4.78, 5) is 24.5. The number of hydrogen-bond acceptors (Lipinski definition) is 8. The van der Waals surface area contributed by atoms with Crippen molar-refractivity contribution < 1.29 is 19.4 Å². The van der Waals surface area contributed by atoms with Crippen LogP contribution in [0.1, 0.15) is 30.7 Å². The molecule has 0 bridgehead atoms. The van der Waals surface area contributed by atoms with E-state index in [-0.39, 0.29) is 35.8 Å². The van der Waals surface area contributed by atoms with E-state index in [9.17, 15) is 9.59 Å². The van der Waals surface area contributed by atoms with Crippen LogP contribution in [0.5, 0.6) is 5.75 Å². The molecule has 3 heterocycles. The lowest BCUT2D eigenvalue weighted by atomic mass is 9.86. The van der Waals surface area contributed by atoms with Gasteiger partial charge in [0.25, 0.3) is 5.56 Å². The maximum Gasteiger partial charge on any atom is 0.279 e. The number of aromatic nitrogens is 5. The van der Waals surface area contributed by atoms with Gasteiger partial charge in [-0.1, -0.05) is 30.3 Å². The van der Waals surface area contributed by atoms with Gasteiger partial charge >= 0.3 is 0 Å². The number of nitrogens with zero attached hydrogens (tertiary/aromatic N) is 5. The van der Waals surface area contributed by atoms with E-state index in [1.54, 1.807) is 24.1 Å². The second-order valence-electron chi connectivity index (χ2n) is 10.8. The summed E-state index contributed by atoms with van der Waals surface area (Å²) in [6.45, 7) is 6.55. The monoisotopic (exact) mass is 549 g/mol. The summed E-state index contributed by atoms with van der Waals surface area (Å²) in [5.74, 6) is 0.612. The van der Waals surface area contributed by atoms with Crippen LogP contribution in [0.3, 0.4) is 0 Å². The zero-order valence-electron chi connectivity index (χ0n) is 22.7. The Morgan fingerprint density at radius 2 is 2.00 bits per heavy atom. The molecule has 39 heavy (non-hydrogen) atoms. The third-order valence-electron chi connectivity index (χ3n) is 7.68. The number of hydrogen-bond donors (Lipinski definition) is 2. The number of aryl methyl sites for hydroxylation is 1. The molecule has 0 saturated carbocycles. The molecular weight excluding hydrogens is 514 g/mol. The topological polar surface area (TPSA) is 125 Å². The number of aliphatic hydroxyl groups is 1. The van der Waals surface area contributed by atoms with Crippen LogP contribution in [0.15, 0.2) is 59.7 Å². The van der Waals surface area contributed by atoms with Crippen LogP contribution in [-0.4, -0.2) is 62.8 Å². The standard InChI is InChI=1S/C28H35N5O5Si/c1-18-26(37-2)23-15-21(33-28(35)22-8-6-5-7-19(22)16-29-33)9-10-24(23)38-27(18)25(39(3,4)36)11-13-32-17-20(12-14-34)30-31-32/h5-10,15-18,25-27,34,36H,11-14H2,1-4H3/t18-,25?,26-,27-/m1/s1. The molecule has 1 aliphatic rings. The van der Waals surface area contributed by atoms with Crippen molar-refractivity contribution in [2.45, 2.75) is 57.2 Å². The average Bonchev–Trinajstić information content (AvgIpc) is 3.36. The summed E-state index contributed by atoms with van der Waals surface area (Å²) in [7, 11) is -1.00. The maximum absolute atomic E-state index is 13.2. The first-order valence-corrected chi connectivity index (χ1v) is 16.3. The van der Waals surface area contributed by atoms with Crippen LogP contribution in [0, 0.1) is 5.92 Å². The van der Waals surface area contributed by atoms with Crippen molar-refractivity contribution in [2.24, 2.45) is 5.92 Å². The second-order valence-corrected chi connectivity index (χ2v) is 14.8. The first kappa shape index (κ1) is 27.2. The number of fused-ring (bicyclic) bond motifs is 2. The Hall–Kier alpha value is -3.38. The van der Waals surface area contributed by atoms with Crippen LogP contribution in [-0.2, 0) is 17.7 Å². The second kappa shape index (κ2) is 11.0. The number of benzene rings is 2. The SMILES string of the molecule is CO[C@H]1c2cc(-n3ncc4ccccc4c3=O)ccc2O[C@@H](C(CCn2cc(CCO)nn2)[Si](C)(C)O)[C@@H]1C. The lowest BCUT2D eigenvalue weighted by Crippen LogP contribution is -2.48. The molecule has 206 valence electrons. The largest absolute Gasteiger partial charge is 0.490 e. The van der Waals surface area contributed by atoms with Gasteiger partial charge in [-0.15, -0.1) is 5.10 Å². The van der Waals surface area contributed by atoms with Crippen LogP contribution in [0.25, 0.3) is 16.5 Å². The van der Waals surface area contributed by atoms with Crippen LogP contribution >= 0.6 is 0 Å².